The number of amides is 1. The van der Waals surface area contributed by atoms with Crippen LogP contribution in [-0.2, 0) is 5.54 Å². The molecule has 0 unspecified atom stereocenters. The molecule has 0 saturated heterocycles. The van der Waals surface area contributed by atoms with Crippen molar-refractivity contribution in [2.75, 3.05) is 5.32 Å². The van der Waals surface area contributed by atoms with E-state index in [0.29, 0.717) is 5.56 Å². The van der Waals surface area contributed by atoms with Gasteiger partial charge < -0.3 is 10.4 Å². The monoisotopic (exact) mass is 260 g/mol. The molecule has 6 heteroatoms. The van der Waals surface area contributed by atoms with Gasteiger partial charge in [0.05, 0.1) is 17.3 Å². The normalized spacial score (nSPS) is 11.3. The van der Waals surface area contributed by atoms with E-state index in [-0.39, 0.29) is 23.0 Å². The van der Waals surface area contributed by atoms with E-state index in [4.69, 9.17) is 0 Å². The summed E-state index contributed by atoms with van der Waals surface area (Å²) >= 11 is 0. The zero-order valence-corrected chi connectivity index (χ0v) is 11.1. The molecule has 0 spiro atoms. The van der Waals surface area contributed by atoms with Crippen LogP contribution >= 0.6 is 0 Å². The minimum absolute atomic E-state index is 0.0703. The van der Waals surface area contributed by atoms with Gasteiger partial charge in [-0.2, -0.15) is 5.10 Å². The highest BCUT2D eigenvalue weighted by molar-refractivity contribution is 6.04. The standard InChI is InChI=1S/C13H16N4O2/c1-13(2,3)17-8-9(7-15-17)12(19)16-11-10(18)5-4-6-14-11/h4-8,18H,1-3H3,(H,14,16,19). The van der Waals surface area contributed by atoms with Crippen molar-refractivity contribution in [1.82, 2.24) is 14.8 Å². The van der Waals surface area contributed by atoms with Crippen molar-refractivity contribution in [3.8, 4) is 5.75 Å². The molecule has 2 rings (SSSR count). The van der Waals surface area contributed by atoms with Gasteiger partial charge in [-0.15, -0.1) is 0 Å². The third-order valence-corrected chi connectivity index (χ3v) is 2.55. The Balaban J connectivity index is 2.17. The average Bonchev–Trinajstić information content (AvgIpc) is 2.81. The lowest BCUT2D eigenvalue weighted by Crippen LogP contribution is -2.22. The Kier molecular flexibility index (Phi) is 3.25. The summed E-state index contributed by atoms with van der Waals surface area (Å²) in [5.74, 6) is -0.292. The van der Waals surface area contributed by atoms with E-state index in [0.717, 1.165) is 0 Å². The van der Waals surface area contributed by atoms with Gasteiger partial charge in [-0.05, 0) is 32.9 Å². The van der Waals surface area contributed by atoms with E-state index in [1.165, 1.54) is 18.5 Å². The third-order valence-electron chi connectivity index (χ3n) is 2.55. The number of aromatic nitrogens is 3. The van der Waals surface area contributed by atoms with Crippen LogP contribution in [0, 0.1) is 0 Å². The van der Waals surface area contributed by atoms with E-state index in [1.54, 1.807) is 16.9 Å². The molecule has 0 atom stereocenters. The van der Waals surface area contributed by atoms with Crippen LogP contribution < -0.4 is 5.32 Å². The van der Waals surface area contributed by atoms with Crippen molar-refractivity contribution in [3.63, 3.8) is 0 Å². The Labute approximate surface area is 111 Å². The molecule has 0 aliphatic carbocycles. The van der Waals surface area contributed by atoms with Crippen molar-refractivity contribution in [3.05, 3.63) is 36.3 Å². The average molecular weight is 260 g/mol. The molecule has 2 heterocycles. The molecule has 19 heavy (non-hydrogen) atoms. The van der Waals surface area contributed by atoms with E-state index in [2.05, 4.69) is 15.4 Å². The number of anilines is 1. The van der Waals surface area contributed by atoms with Crippen LogP contribution in [0.2, 0.25) is 0 Å². The number of hydrogen-bond donors (Lipinski definition) is 2. The summed E-state index contributed by atoms with van der Waals surface area (Å²) in [7, 11) is 0. The highest BCUT2D eigenvalue weighted by Gasteiger charge is 2.17. The molecular formula is C13H16N4O2. The van der Waals surface area contributed by atoms with Gasteiger partial charge in [0.15, 0.2) is 11.6 Å². The van der Waals surface area contributed by atoms with Gasteiger partial charge in [0.25, 0.3) is 5.91 Å². The lowest BCUT2D eigenvalue weighted by molar-refractivity contribution is 0.102. The number of pyridine rings is 1. The lowest BCUT2D eigenvalue weighted by atomic mass is 10.1. The maximum atomic E-state index is 12.0. The van der Waals surface area contributed by atoms with Gasteiger partial charge in [-0.25, -0.2) is 4.98 Å². The molecule has 2 N–H and O–H groups in total. The fraction of sp³-hybridized carbons (Fsp3) is 0.308. The minimum atomic E-state index is -0.357. The molecular weight excluding hydrogens is 244 g/mol. The minimum Gasteiger partial charge on any atom is -0.504 e. The van der Waals surface area contributed by atoms with Crippen molar-refractivity contribution in [1.29, 1.82) is 0 Å². The summed E-state index contributed by atoms with van der Waals surface area (Å²) in [4.78, 5) is 15.9. The van der Waals surface area contributed by atoms with Crippen molar-refractivity contribution < 1.29 is 9.90 Å². The van der Waals surface area contributed by atoms with Crippen molar-refractivity contribution in [2.45, 2.75) is 26.3 Å². The van der Waals surface area contributed by atoms with Crippen LogP contribution in [0.1, 0.15) is 31.1 Å². The van der Waals surface area contributed by atoms with Gasteiger partial charge in [0, 0.05) is 12.4 Å². The highest BCUT2D eigenvalue weighted by Crippen LogP contribution is 2.19. The first kappa shape index (κ1) is 13.1. The Morgan fingerprint density at radius 1 is 1.42 bits per heavy atom. The molecule has 0 aromatic carbocycles. The number of carbonyl (C=O) groups is 1. The van der Waals surface area contributed by atoms with Crippen LogP contribution in [0.4, 0.5) is 5.82 Å². The van der Waals surface area contributed by atoms with Crippen LogP contribution in [-0.4, -0.2) is 25.8 Å². The summed E-state index contributed by atoms with van der Waals surface area (Å²) in [5.41, 5.74) is 0.228. The second-order valence-corrected chi connectivity index (χ2v) is 5.17. The summed E-state index contributed by atoms with van der Waals surface area (Å²) < 4.78 is 1.71. The Morgan fingerprint density at radius 2 is 2.16 bits per heavy atom. The van der Waals surface area contributed by atoms with E-state index in [9.17, 15) is 9.90 Å². The van der Waals surface area contributed by atoms with Crippen LogP contribution in [0.3, 0.4) is 0 Å². The molecule has 2 aromatic heterocycles. The fourth-order valence-electron chi connectivity index (χ4n) is 1.48. The van der Waals surface area contributed by atoms with Gasteiger partial charge in [0.2, 0.25) is 0 Å². The zero-order chi connectivity index (χ0) is 14.0. The van der Waals surface area contributed by atoms with Gasteiger partial charge in [-0.3, -0.25) is 9.48 Å². The molecule has 0 aliphatic rings. The van der Waals surface area contributed by atoms with Gasteiger partial charge >= 0.3 is 0 Å². The summed E-state index contributed by atoms with van der Waals surface area (Å²) in [6.45, 7) is 5.98. The molecule has 0 radical (unpaired) electrons. The molecule has 0 fully saturated rings. The molecule has 0 bridgehead atoms. The Bertz CT molecular complexity index is 599. The second kappa shape index (κ2) is 4.72. The summed E-state index contributed by atoms with van der Waals surface area (Å²) in [5, 5.41) is 16.2. The number of aromatic hydroxyl groups is 1. The predicted octanol–water partition coefficient (Wildman–Crippen LogP) is 1.99. The molecule has 2 aromatic rings. The first-order chi connectivity index (χ1) is 8.88. The summed E-state index contributed by atoms with van der Waals surface area (Å²) in [6.07, 6.45) is 4.64. The fourth-order valence-corrected chi connectivity index (χ4v) is 1.48. The van der Waals surface area contributed by atoms with Crippen LogP contribution in [0.15, 0.2) is 30.7 Å². The van der Waals surface area contributed by atoms with Crippen molar-refractivity contribution in [2.24, 2.45) is 0 Å². The van der Waals surface area contributed by atoms with E-state index >= 15 is 0 Å². The topological polar surface area (TPSA) is 80.0 Å². The summed E-state index contributed by atoms with van der Waals surface area (Å²) in [6, 6.07) is 3.05. The van der Waals surface area contributed by atoms with E-state index < -0.39 is 0 Å². The maximum absolute atomic E-state index is 12.0. The second-order valence-electron chi connectivity index (χ2n) is 5.17. The Morgan fingerprint density at radius 3 is 2.74 bits per heavy atom. The number of nitrogens with zero attached hydrogens (tertiary/aromatic N) is 3. The maximum Gasteiger partial charge on any atom is 0.260 e. The molecule has 0 saturated carbocycles. The smallest absolute Gasteiger partial charge is 0.260 e. The lowest BCUT2D eigenvalue weighted by Gasteiger charge is -2.18. The molecule has 1 amide bonds. The van der Waals surface area contributed by atoms with Crippen LogP contribution in [0.5, 0.6) is 5.75 Å². The number of nitrogens with one attached hydrogen (secondary N) is 1. The first-order valence-electron chi connectivity index (χ1n) is 5.88. The quantitative estimate of drug-likeness (QED) is 0.865. The number of rotatable bonds is 2. The molecule has 6 nitrogen and oxygen atoms in total. The van der Waals surface area contributed by atoms with E-state index in [1.807, 2.05) is 20.8 Å². The number of hydrogen-bond acceptors (Lipinski definition) is 4. The van der Waals surface area contributed by atoms with Gasteiger partial charge in [0.1, 0.15) is 0 Å². The highest BCUT2D eigenvalue weighted by atomic mass is 16.3. The zero-order valence-electron chi connectivity index (χ0n) is 11.1. The predicted molar refractivity (Wildman–Crippen MR) is 71.1 cm³/mol. The Hall–Kier alpha value is -2.37. The SMILES string of the molecule is CC(C)(C)n1cc(C(=O)Nc2ncccc2O)cn1. The first-order valence-corrected chi connectivity index (χ1v) is 5.88. The van der Waals surface area contributed by atoms with Gasteiger partial charge in [-0.1, -0.05) is 0 Å². The third kappa shape index (κ3) is 2.90. The van der Waals surface area contributed by atoms with Crippen molar-refractivity contribution >= 4 is 11.7 Å². The number of carbonyl (C=O) groups excluding carboxylic acids is 1. The molecule has 0 aliphatic heterocycles. The van der Waals surface area contributed by atoms with Crippen LogP contribution in [0.25, 0.3) is 0 Å². The largest absolute Gasteiger partial charge is 0.504 e. The molecule has 100 valence electrons.